The van der Waals surface area contributed by atoms with Gasteiger partial charge in [-0.1, -0.05) is 39.8 Å². The van der Waals surface area contributed by atoms with Crippen LogP contribution in [0.25, 0.3) is 0 Å². The SMILES string of the molecule is C=C[C@@H]1CC[C@H](C)[C@@](C)(C(=O)NC(C)(C)C)C1.C=C[C@@H]1CC[C@H](C)[C@](C)(C(=O)NC(C)(C)C)C1. The van der Waals surface area contributed by atoms with Crippen LogP contribution >= 0.6 is 0 Å². The lowest BCUT2D eigenvalue weighted by Gasteiger charge is -2.42. The van der Waals surface area contributed by atoms with E-state index in [0.29, 0.717) is 23.7 Å². The number of hydrogen-bond donors (Lipinski definition) is 2. The molecule has 2 fully saturated rings. The molecule has 0 aromatic heterocycles. The molecule has 0 aromatic rings. The highest BCUT2D eigenvalue weighted by atomic mass is 16.2. The van der Waals surface area contributed by atoms with Crippen molar-refractivity contribution in [3.8, 4) is 0 Å². The van der Waals surface area contributed by atoms with Gasteiger partial charge in [0.1, 0.15) is 0 Å². The Morgan fingerprint density at radius 1 is 0.706 bits per heavy atom. The van der Waals surface area contributed by atoms with Crippen molar-refractivity contribution in [2.24, 2.45) is 34.5 Å². The number of rotatable bonds is 4. The van der Waals surface area contributed by atoms with Crippen molar-refractivity contribution in [1.82, 2.24) is 10.6 Å². The lowest BCUT2D eigenvalue weighted by atomic mass is 9.64. The summed E-state index contributed by atoms with van der Waals surface area (Å²) in [6.45, 7) is 28.6. The van der Waals surface area contributed by atoms with Gasteiger partial charge in [-0.25, -0.2) is 0 Å². The summed E-state index contributed by atoms with van der Waals surface area (Å²) in [5.74, 6) is 2.26. The molecule has 4 heteroatoms. The van der Waals surface area contributed by atoms with Crippen molar-refractivity contribution < 1.29 is 9.59 Å². The molecule has 34 heavy (non-hydrogen) atoms. The lowest BCUT2D eigenvalue weighted by molar-refractivity contribution is -0.138. The number of nitrogens with one attached hydrogen (secondary N) is 2. The van der Waals surface area contributed by atoms with Gasteiger partial charge in [0.25, 0.3) is 0 Å². The van der Waals surface area contributed by atoms with Crippen LogP contribution in [-0.2, 0) is 9.59 Å². The molecular weight excluding hydrogens is 420 g/mol. The van der Waals surface area contributed by atoms with Gasteiger partial charge in [0.15, 0.2) is 0 Å². The van der Waals surface area contributed by atoms with E-state index in [1.165, 1.54) is 12.8 Å². The maximum atomic E-state index is 12.5. The molecule has 0 unspecified atom stereocenters. The Bertz CT molecular complexity index is 667. The molecule has 2 aliphatic carbocycles. The fraction of sp³-hybridized carbons (Fsp3) is 0.800. The molecular formula is C30H54N2O2. The first-order valence-electron chi connectivity index (χ1n) is 13.3. The summed E-state index contributed by atoms with van der Waals surface area (Å²) in [4.78, 5) is 24.9. The maximum Gasteiger partial charge on any atom is 0.226 e. The van der Waals surface area contributed by atoms with Gasteiger partial charge in [0.2, 0.25) is 11.8 Å². The maximum absolute atomic E-state index is 12.5. The first kappa shape index (κ1) is 30.5. The van der Waals surface area contributed by atoms with Gasteiger partial charge >= 0.3 is 0 Å². The Labute approximate surface area is 210 Å². The van der Waals surface area contributed by atoms with Gasteiger partial charge in [-0.3, -0.25) is 9.59 Å². The van der Waals surface area contributed by atoms with Crippen LogP contribution in [0, 0.1) is 34.5 Å². The first-order valence-corrected chi connectivity index (χ1v) is 13.3. The minimum absolute atomic E-state index is 0.152. The molecule has 0 bridgehead atoms. The zero-order valence-corrected chi connectivity index (χ0v) is 23.9. The quantitative estimate of drug-likeness (QED) is 0.429. The third-order valence-corrected chi connectivity index (χ3v) is 8.17. The van der Waals surface area contributed by atoms with E-state index >= 15 is 0 Å². The first-order chi connectivity index (χ1) is 15.4. The number of allylic oxidation sites excluding steroid dienone is 2. The average molecular weight is 475 g/mol. The Morgan fingerprint density at radius 2 is 1.00 bits per heavy atom. The summed E-state index contributed by atoms with van der Waals surface area (Å²) in [6.07, 6.45) is 10.4. The van der Waals surface area contributed by atoms with Gasteiger partial charge in [0.05, 0.1) is 0 Å². The monoisotopic (exact) mass is 474 g/mol. The zero-order valence-electron chi connectivity index (χ0n) is 23.9. The van der Waals surface area contributed by atoms with Gasteiger partial charge in [0, 0.05) is 21.9 Å². The van der Waals surface area contributed by atoms with Crippen LogP contribution in [0.2, 0.25) is 0 Å². The predicted molar refractivity (Wildman–Crippen MR) is 145 cm³/mol. The van der Waals surface area contributed by atoms with Crippen molar-refractivity contribution in [2.75, 3.05) is 0 Å². The molecule has 0 aromatic carbocycles. The number of carbonyl (C=O) groups excluding carboxylic acids is 2. The van der Waals surface area contributed by atoms with Crippen molar-refractivity contribution in [3.05, 3.63) is 25.3 Å². The van der Waals surface area contributed by atoms with Gasteiger partial charge < -0.3 is 10.6 Å². The summed E-state index contributed by atoms with van der Waals surface area (Å²) in [5.41, 5.74) is -0.795. The average Bonchev–Trinajstić information content (AvgIpc) is 2.70. The minimum atomic E-state index is -0.246. The predicted octanol–water partition coefficient (Wildman–Crippen LogP) is 7.06. The van der Waals surface area contributed by atoms with Crippen molar-refractivity contribution >= 4 is 11.8 Å². The summed E-state index contributed by atoms with van der Waals surface area (Å²) >= 11 is 0. The molecule has 2 saturated carbocycles. The molecule has 0 saturated heterocycles. The summed E-state index contributed by atoms with van der Waals surface area (Å²) in [5, 5.41) is 6.26. The van der Waals surface area contributed by atoms with Crippen LogP contribution in [0.5, 0.6) is 0 Å². The van der Waals surface area contributed by atoms with Crippen LogP contribution in [-0.4, -0.2) is 22.9 Å². The molecule has 0 radical (unpaired) electrons. The fourth-order valence-electron chi connectivity index (χ4n) is 5.26. The molecule has 2 rings (SSSR count). The van der Waals surface area contributed by atoms with Crippen LogP contribution in [0.3, 0.4) is 0 Å². The van der Waals surface area contributed by atoms with Gasteiger partial charge in [-0.2, -0.15) is 0 Å². The second-order valence-electron chi connectivity index (χ2n) is 13.6. The molecule has 0 aliphatic heterocycles. The lowest BCUT2D eigenvalue weighted by Crippen LogP contribution is -2.52. The Morgan fingerprint density at radius 3 is 1.24 bits per heavy atom. The molecule has 0 spiro atoms. The molecule has 2 amide bonds. The molecule has 6 atom stereocenters. The highest BCUT2D eigenvalue weighted by molar-refractivity contribution is 5.83. The number of carbonyl (C=O) groups is 2. The third-order valence-electron chi connectivity index (χ3n) is 8.17. The van der Waals surface area contributed by atoms with Crippen LogP contribution in [0.15, 0.2) is 25.3 Å². The van der Waals surface area contributed by atoms with Crippen LogP contribution < -0.4 is 10.6 Å². The Hall–Kier alpha value is -1.58. The van der Waals surface area contributed by atoms with Crippen molar-refractivity contribution in [3.63, 3.8) is 0 Å². The Balaban J connectivity index is 0.000000340. The molecule has 196 valence electrons. The highest BCUT2D eigenvalue weighted by Crippen LogP contribution is 2.45. The molecule has 2 N–H and O–H groups in total. The van der Waals surface area contributed by atoms with E-state index in [4.69, 9.17) is 0 Å². The van der Waals surface area contributed by atoms with Crippen LogP contribution in [0.1, 0.15) is 108 Å². The second kappa shape index (κ2) is 11.4. The second-order valence-corrected chi connectivity index (χ2v) is 13.6. The normalized spacial score (nSPS) is 34.2. The van der Waals surface area contributed by atoms with E-state index in [-0.39, 0.29) is 33.7 Å². The van der Waals surface area contributed by atoms with Gasteiger partial charge in [-0.15, -0.1) is 13.2 Å². The van der Waals surface area contributed by atoms with E-state index < -0.39 is 0 Å². The van der Waals surface area contributed by atoms with E-state index in [1.54, 1.807) is 0 Å². The standard InChI is InChI=1S/2C15H27NO/c2*1-7-12-9-8-11(2)15(6,10-12)13(17)16-14(3,4)5/h2*7,11-12H,1,8-10H2,2-6H3,(H,16,17)/t11-,12+,15+;11-,12+,15-/m00/s1. The van der Waals surface area contributed by atoms with Crippen LogP contribution in [0.4, 0.5) is 0 Å². The summed E-state index contributed by atoms with van der Waals surface area (Å²) in [6, 6.07) is 0. The highest BCUT2D eigenvalue weighted by Gasteiger charge is 2.45. The molecule has 4 nitrogen and oxygen atoms in total. The number of amides is 2. The molecule has 0 heterocycles. The van der Waals surface area contributed by atoms with E-state index in [0.717, 1.165) is 25.7 Å². The topological polar surface area (TPSA) is 58.2 Å². The summed E-state index contributed by atoms with van der Waals surface area (Å²) < 4.78 is 0. The smallest absolute Gasteiger partial charge is 0.226 e. The zero-order chi connectivity index (χ0) is 26.5. The van der Waals surface area contributed by atoms with Crippen molar-refractivity contribution in [2.45, 2.75) is 119 Å². The Kier molecular flexibility index (Phi) is 10.2. The van der Waals surface area contributed by atoms with E-state index in [9.17, 15) is 9.59 Å². The number of hydrogen-bond acceptors (Lipinski definition) is 2. The van der Waals surface area contributed by atoms with Gasteiger partial charge in [-0.05, 0) is 104 Å². The third kappa shape index (κ3) is 8.27. The van der Waals surface area contributed by atoms with E-state index in [1.807, 2.05) is 53.7 Å². The largest absolute Gasteiger partial charge is 0.351 e. The molecule has 2 aliphatic rings. The van der Waals surface area contributed by atoms with E-state index in [2.05, 4.69) is 51.5 Å². The summed E-state index contributed by atoms with van der Waals surface area (Å²) in [7, 11) is 0. The van der Waals surface area contributed by atoms with Crippen molar-refractivity contribution in [1.29, 1.82) is 0 Å². The minimum Gasteiger partial charge on any atom is -0.351 e. The fourth-order valence-corrected chi connectivity index (χ4v) is 5.26.